The van der Waals surface area contributed by atoms with Crippen LogP contribution in [0.3, 0.4) is 0 Å². The van der Waals surface area contributed by atoms with E-state index in [1.807, 2.05) is 4.72 Å². The molecule has 1 fully saturated rings. The van der Waals surface area contributed by atoms with E-state index < -0.39 is 26.7 Å². The molecule has 0 aromatic carbocycles. The normalized spacial score (nSPS) is 30.0. The van der Waals surface area contributed by atoms with E-state index in [0.717, 1.165) is 0 Å². The molecule has 0 aromatic rings. The third-order valence-electron chi connectivity index (χ3n) is 2.62. The Bertz CT molecular complexity index is 388. The van der Waals surface area contributed by atoms with Crippen LogP contribution in [0.15, 0.2) is 12.7 Å². The van der Waals surface area contributed by atoms with E-state index >= 15 is 0 Å². The van der Waals surface area contributed by atoms with Gasteiger partial charge in [-0.05, 0) is 20.3 Å². The molecule has 0 aliphatic heterocycles. The Labute approximate surface area is 89.8 Å². The van der Waals surface area contributed by atoms with Gasteiger partial charge in [-0.15, -0.1) is 6.58 Å². The summed E-state index contributed by atoms with van der Waals surface area (Å²) in [5.74, 6) is -0.763. The molecule has 1 amide bonds. The molecule has 2 unspecified atom stereocenters. The third kappa shape index (κ3) is 2.21. The van der Waals surface area contributed by atoms with E-state index in [9.17, 15) is 13.2 Å². The van der Waals surface area contributed by atoms with E-state index in [0.29, 0.717) is 6.42 Å². The lowest BCUT2D eigenvalue weighted by Gasteiger charge is -2.13. The average Bonchev–Trinajstić information content (AvgIpc) is 2.78. The fourth-order valence-electron chi connectivity index (χ4n) is 1.20. The van der Waals surface area contributed by atoms with Crippen molar-refractivity contribution in [3.05, 3.63) is 12.7 Å². The lowest BCUT2D eigenvalue weighted by Crippen LogP contribution is -2.48. The van der Waals surface area contributed by atoms with Crippen molar-refractivity contribution in [2.24, 2.45) is 11.7 Å². The fraction of sp³-hybridized carbons (Fsp3) is 0.667. The topological polar surface area (TPSA) is 89.3 Å². The second kappa shape index (κ2) is 3.61. The van der Waals surface area contributed by atoms with Crippen molar-refractivity contribution < 1.29 is 13.2 Å². The molecule has 6 heteroatoms. The van der Waals surface area contributed by atoms with E-state index in [2.05, 4.69) is 6.58 Å². The number of nitrogens with one attached hydrogen (secondary N) is 1. The van der Waals surface area contributed by atoms with Crippen LogP contribution in [0.25, 0.3) is 0 Å². The van der Waals surface area contributed by atoms with E-state index in [1.54, 1.807) is 6.08 Å². The fourth-order valence-corrected chi connectivity index (χ4v) is 1.89. The number of carbonyl (C=O) groups excluding carboxylic acids is 1. The molecule has 86 valence electrons. The molecule has 0 saturated heterocycles. The molecule has 0 bridgehead atoms. The van der Waals surface area contributed by atoms with Crippen molar-refractivity contribution in [3.8, 4) is 0 Å². The molecule has 1 aliphatic carbocycles. The van der Waals surface area contributed by atoms with E-state index in [4.69, 9.17) is 5.73 Å². The number of amides is 1. The molecule has 1 rings (SSSR count). The van der Waals surface area contributed by atoms with Gasteiger partial charge in [0.05, 0.1) is 5.25 Å². The Kier molecular flexibility index (Phi) is 2.93. The third-order valence-corrected chi connectivity index (χ3v) is 4.33. The summed E-state index contributed by atoms with van der Waals surface area (Å²) in [4.78, 5) is 11.6. The molecule has 0 spiro atoms. The summed E-state index contributed by atoms with van der Waals surface area (Å²) in [5, 5.41) is -0.647. The van der Waals surface area contributed by atoms with Gasteiger partial charge in [-0.2, -0.15) is 0 Å². The number of rotatable bonds is 4. The minimum Gasteiger partial charge on any atom is -0.317 e. The molecule has 5 nitrogen and oxygen atoms in total. The van der Waals surface area contributed by atoms with Gasteiger partial charge >= 0.3 is 0 Å². The maximum absolute atomic E-state index is 11.6. The van der Waals surface area contributed by atoms with Gasteiger partial charge in [0, 0.05) is 5.92 Å². The first-order chi connectivity index (χ1) is 6.74. The highest BCUT2D eigenvalue weighted by Crippen LogP contribution is 2.42. The van der Waals surface area contributed by atoms with Gasteiger partial charge in [0.1, 0.15) is 5.54 Å². The van der Waals surface area contributed by atoms with Crippen LogP contribution < -0.4 is 10.5 Å². The molecule has 15 heavy (non-hydrogen) atoms. The van der Waals surface area contributed by atoms with Crippen molar-refractivity contribution in [2.45, 2.75) is 31.1 Å². The van der Waals surface area contributed by atoms with Crippen molar-refractivity contribution in [2.75, 3.05) is 0 Å². The predicted octanol–water partition coefficient (Wildman–Crippen LogP) is -0.256. The summed E-state index contributed by atoms with van der Waals surface area (Å²) in [6.07, 6.45) is 2.03. The van der Waals surface area contributed by atoms with Gasteiger partial charge in [-0.25, -0.2) is 8.42 Å². The molecule has 1 saturated carbocycles. The lowest BCUT2D eigenvalue weighted by molar-refractivity contribution is -0.121. The highest BCUT2D eigenvalue weighted by molar-refractivity contribution is 7.90. The molecule has 2 atom stereocenters. The van der Waals surface area contributed by atoms with Crippen molar-refractivity contribution in [1.82, 2.24) is 4.72 Å². The molecule has 0 heterocycles. The standard InChI is InChI=1S/C9H16N2O3S/c1-4-7-5-9(7,10)8(12)11-15(13,14)6(2)3/h4,6-7H,1,5,10H2,2-3H3,(H,11,12). The van der Waals surface area contributed by atoms with Gasteiger partial charge in [-0.3, -0.25) is 9.52 Å². The zero-order chi connectivity index (χ0) is 11.9. The summed E-state index contributed by atoms with van der Waals surface area (Å²) >= 11 is 0. The van der Waals surface area contributed by atoms with Crippen LogP contribution in [0.5, 0.6) is 0 Å². The first-order valence-corrected chi connectivity index (χ1v) is 6.26. The SMILES string of the molecule is C=CC1CC1(N)C(=O)NS(=O)(=O)C(C)C. The maximum atomic E-state index is 11.6. The van der Waals surface area contributed by atoms with Crippen LogP contribution in [0.1, 0.15) is 20.3 Å². The Morgan fingerprint density at radius 1 is 1.67 bits per heavy atom. The predicted molar refractivity (Wildman–Crippen MR) is 57.4 cm³/mol. The molecule has 0 radical (unpaired) electrons. The van der Waals surface area contributed by atoms with Crippen LogP contribution in [0.2, 0.25) is 0 Å². The maximum Gasteiger partial charge on any atom is 0.254 e. The molecular formula is C9H16N2O3S. The van der Waals surface area contributed by atoms with Crippen LogP contribution >= 0.6 is 0 Å². The summed E-state index contributed by atoms with van der Waals surface area (Å²) in [6, 6.07) is 0. The Morgan fingerprint density at radius 3 is 2.53 bits per heavy atom. The van der Waals surface area contributed by atoms with Crippen LogP contribution in [0, 0.1) is 5.92 Å². The lowest BCUT2D eigenvalue weighted by atomic mass is 10.2. The van der Waals surface area contributed by atoms with Gasteiger partial charge in [0.2, 0.25) is 10.0 Å². The Balaban J connectivity index is 2.70. The van der Waals surface area contributed by atoms with E-state index in [1.165, 1.54) is 13.8 Å². The van der Waals surface area contributed by atoms with Crippen LogP contribution in [-0.2, 0) is 14.8 Å². The quantitative estimate of drug-likeness (QED) is 0.654. The highest BCUT2D eigenvalue weighted by atomic mass is 32.2. The minimum atomic E-state index is -3.59. The smallest absolute Gasteiger partial charge is 0.254 e. The summed E-state index contributed by atoms with van der Waals surface area (Å²) < 4.78 is 24.8. The zero-order valence-corrected chi connectivity index (χ0v) is 9.67. The second-order valence-corrected chi connectivity index (χ2v) is 6.35. The van der Waals surface area contributed by atoms with Gasteiger partial charge in [-0.1, -0.05) is 6.08 Å². The number of nitrogens with two attached hydrogens (primary N) is 1. The first kappa shape index (κ1) is 12.2. The molecule has 0 aromatic heterocycles. The summed E-state index contributed by atoms with van der Waals surface area (Å²) in [6.45, 7) is 6.52. The molecule has 1 aliphatic rings. The summed E-state index contributed by atoms with van der Waals surface area (Å²) in [7, 11) is -3.59. The van der Waals surface area contributed by atoms with Gasteiger partial charge in [0.25, 0.3) is 5.91 Å². The largest absolute Gasteiger partial charge is 0.317 e. The molecule has 3 N–H and O–H groups in total. The van der Waals surface area contributed by atoms with Crippen molar-refractivity contribution >= 4 is 15.9 Å². The number of hydrogen-bond acceptors (Lipinski definition) is 4. The second-order valence-electron chi connectivity index (χ2n) is 4.11. The number of hydrogen-bond donors (Lipinski definition) is 2. The number of sulfonamides is 1. The van der Waals surface area contributed by atoms with E-state index in [-0.39, 0.29) is 5.92 Å². The Morgan fingerprint density at radius 2 is 2.20 bits per heavy atom. The first-order valence-electron chi connectivity index (χ1n) is 4.71. The Hall–Kier alpha value is -0.880. The van der Waals surface area contributed by atoms with Gasteiger partial charge in [0.15, 0.2) is 0 Å². The highest BCUT2D eigenvalue weighted by Gasteiger charge is 2.56. The van der Waals surface area contributed by atoms with Crippen LogP contribution in [-0.4, -0.2) is 25.1 Å². The van der Waals surface area contributed by atoms with Crippen molar-refractivity contribution in [3.63, 3.8) is 0 Å². The summed E-state index contributed by atoms with van der Waals surface area (Å²) in [5.41, 5.74) is 4.62. The van der Waals surface area contributed by atoms with Gasteiger partial charge < -0.3 is 5.73 Å². The van der Waals surface area contributed by atoms with Crippen molar-refractivity contribution in [1.29, 1.82) is 0 Å². The zero-order valence-electron chi connectivity index (χ0n) is 8.86. The molecular weight excluding hydrogens is 216 g/mol. The monoisotopic (exact) mass is 232 g/mol. The number of carbonyl (C=O) groups is 1. The average molecular weight is 232 g/mol. The van der Waals surface area contributed by atoms with Crippen LogP contribution in [0.4, 0.5) is 0 Å². The minimum absolute atomic E-state index is 0.125.